The van der Waals surface area contributed by atoms with Crippen molar-refractivity contribution in [3.8, 4) is 17.1 Å². The molecule has 2 aromatic carbocycles. The van der Waals surface area contributed by atoms with Crippen molar-refractivity contribution in [2.45, 2.75) is 16.8 Å². The van der Waals surface area contributed by atoms with Crippen LogP contribution in [0.15, 0.2) is 59.8 Å². The molecular weight excluding hydrogens is 364 g/mol. The molecule has 1 unspecified atom stereocenters. The molecule has 1 atom stereocenters. The van der Waals surface area contributed by atoms with Gasteiger partial charge in [0, 0.05) is 12.0 Å². The van der Waals surface area contributed by atoms with Crippen LogP contribution in [0.3, 0.4) is 0 Å². The number of H-pyrrole nitrogens is 1. The number of nitrogens with one attached hydrogen (secondary N) is 1. The first-order valence-electron chi connectivity index (χ1n) is 8.31. The van der Waals surface area contributed by atoms with E-state index in [2.05, 4.69) is 15.2 Å². The molecule has 1 aliphatic rings. The Labute approximate surface area is 159 Å². The molecular formula is C19H16N4O3S. The van der Waals surface area contributed by atoms with Crippen molar-refractivity contribution >= 4 is 29.3 Å². The van der Waals surface area contributed by atoms with Crippen molar-refractivity contribution in [3.63, 3.8) is 0 Å². The van der Waals surface area contributed by atoms with Gasteiger partial charge in [0.1, 0.15) is 11.0 Å². The number of hydrogen-bond acceptors (Lipinski definition) is 6. The summed E-state index contributed by atoms with van der Waals surface area (Å²) in [7, 11) is 1.61. The lowest BCUT2D eigenvalue weighted by atomic mass is 10.2. The Hall–Kier alpha value is -3.13. The topological polar surface area (TPSA) is 88.2 Å². The van der Waals surface area contributed by atoms with E-state index >= 15 is 0 Å². The summed E-state index contributed by atoms with van der Waals surface area (Å²) in [5, 5.41) is 6.94. The number of para-hydroxylation sites is 1. The lowest BCUT2D eigenvalue weighted by Gasteiger charge is -2.14. The van der Waals surface area contributed by atoms with Crippen LogP contribution in [0.1, 0.15) is 6.42 Å². The molecule has 27 heavy (non-hydrogen) atoms. The van der Waals surface area contributed by atoms with E-state index in [0.717, 1.165) is 11.3 Å². The number of thioether (sulfide) groups is 1. The molecule has 0 saturated carbocycles. The maximum absolute atomic E-state index is 12.7. The molecule has 2 amide bonds. The average Bonchev–Trinajstić information content (AvgIpc) is 3.27. The minimum absolute atomic E-state index is 0.130. The first-order chi connectivity index (χ1) is 13.2. The molecule has 0 bridgehead atoms. The smallest absolute Gasteiger partial charge is 0.247 e. The van der Waals surface area contributed by atoms with Crippen molar-refractivity contribution in [1.82, 2.24) is 15.2 Å². The number of carbonyl (C=O) groups is 2. The number of amides is 2. The summed E-state index contributed by atoms with van der Waals surface area (Å²) in [6.07, 6.45) is 0.130. The number of nitrogens with zero attached hydrogens (tertiary/aromatic N) is 3. The first-order valence-corrected chi connectivity index (χ1v) is 9.19. The van der Waals surface area contributed by atoms with Crippen LogP contribution in [0.25, 0.3) is 11.4 Å². The van der Waals surface area contributed by atoms with E-state index in [0.29, 0.717) is 16.7 Å². The largest absolute Gasteiger partial charge is 0.497 e. The maximum atomic E-state index is 12.7. The number of methoxy groups -OCH3 is 1. The van der Waals surface area contributed by atoms with E-state index in [1.165, 1.54) is 16.7 Å². The van der Waals surface area contributed by atoms with Crippen molar-refractivity contribution < 1.29 is 14.3 Å². The summed E-state index contributed by atoms with van der Waals surface area (Å²) in [6.45, 7) is 0. The minimum Gasteiger partial charge on any atom is -0.497 e. The van der Waals surface area contributed by atoms with E-state index in [9.17, 15) is 9.59 Å². The van der Waals surface area contributed by atoms with Gasteiger partial charge in [0.25, 0.3) is 0 Å². The molecule has 136 valence electrons. The Morgan fingerprint density at radius 3 is 2.56 bits per heavy atom. The third-order valence-corrected chi connectivity index (χ3v) is 5.24. The van der Waals surface area contributed by atoms with Gasteiger partial charge in [-0.1, -0.05) is 30.0 Å². The van der Waals surface area contributed by atoms with Crippen LogP contribution in [-0.4, -0.2) is 39.4 Å². The number of rotatable bonds is 5. The number of anilines is 1. The highest BCUT2D eigenvalue weighted by atomic mass is 32.2. The van der Waals surface area contributed by atoms with E-state index in [1.807, 2.05) is 30.3 Å². The molecule has 0 radical (unpaired) electrons. The SMILES string of the molecule is COc1ccc(-c2nc(SC3CC(=O)N(c4ccccc4)C3=O)n[nH]2)cc1. The number of benzene rings is 2. The van der Waals surface area contributed by atoms with E-state index < -0.39 is 5.25 Å². The summed E-state index contributed by atoms with van der Waals surface area (Å²) in [5.74, 6) is 0.891. The quantitative estimate of drug-likeness (QED) is 0.685. The Morgan fingerprint density at radius 1 is 1.11 bits per heavy atom. The number of hydrogen-bond donors (Lipinski definition) is 1. The van der Waals surface area contributed by atoms with Crippen LogP contribution in [0.4, 0.5) is 5.69 Å². The van der Waals surface area contributed by atoms with E-state index in [4.69, 9.17) is 4.74 Å². The standard InChI is InChI=1S/C19H16N4O3S/c1-26-14-9-7-12(8-10-14)17-20-19(22-21-17)27-15-11-16(24)23(18(15)25)13-5-3-2-4-6-13/h2-10,15H,11H2,1H3,(H,20,21,22). The molecule has 1 N–H and O–H groups in total. The molecule has 8 heteroatoms. The van der Waals surface area contributed by atoms with E-state index in [1.54, 1.807) is 31.4 Å². The van der Waals surface area contributed by atoms with Gasteiger partial charge in [-0.25, -0.2) is 9.88 Å². The predicted octanol–water partition coefficient (Wildman–Crippen LogP) is 2.90. The zero-order valence-corrected chi connectivity index (χ0v) is 15.3. The molecule has 1 aromatic heterocycles. The summed E-state index contributed by atoms with van der Waals surface area (Å²) in [5.41, 5.74) is 1.44. The van der Waals surface area contributed by atoms with Crippen molar-refractivity contribution in [2.75, 3.05) is 12.0 Å². The average molecular weight is 380 g/mol. The molecule has 7 nitrogen and oxygen atoms in total. The van der Waals surface area contributed by atoms with Gasteiger partial charge in [0.05, 0.1) is 12.8 Å². The van der Waals surface area contributed by atoms with Crippen molar-refractivity contribution in [1.29, 1.82) is 0 Å². The van der Waals surface area contributed by atoms with Crippen LogP contribution in [0.5, 0.6) is 5.75 Å². The van der Waals surface area contributed by atoms with Gasteiger partial charge in [-0.15, -0.1) is 5.10 Å². The lowest BCUT2D eigenvalue weighted by Crippen LogP contribution is -2.31. The summed E-state index contributed by atoms with van der Waals surface area (Å²) in [6, 6.07) is 16.3. The number of carbonyl (C=O) groups excluding carboxylic acids is 2. The molecule has 1 fully saturated rings. The third-order valence-electron chi connectivity index (χ3n) is 4.20. The fourth-order valence-electron chi connectivity index (χ4n) is 2.85. The highest BCUT2D eigenvalue weighted by Gasteiger charge is 2.40. The number of aromatic amines is 1. The van der Waals surface area contributed by atoms with Crippen LogP contribution >= 0.6 is 11.8 Å². The maximum Gasteiger partial charge on any atom is 0.247 e. The molecule has 1 aliphatic heterocycles. The van der Waals surface area contributed by atoms with Gasteiger partial charge >= 0.3 is 0 Å². The predicted molar refractivity (Wildman–Crippen MR) is 102 cm³/mol. The zero-order valence-electron chi connectivity index (χ0n) is 14.5. The molecule has 0 aliphatic carbocycles. The third kappa shape index (κ3) is 3.43. The van der Waals surface area contributed by atoms with Crippen LogP contribution < -0.4 is 9.64 Å². The van der Waals surface area contributed by atoms with Gasteiger partial charge in [-0.3, -0.25) is 14.7 Å². The Bertz CT molecular complexity index is 972. The van der Waals surface area contributed by atoms with Gasteiger partial charge in [-0.2, -0.15) is 0 Å². The number of aromatic nitrogens is 3. The molecule has 0 spiro atoms. The second-order valence-electron chi connectivity index (χ2n) is 5.91. The molecule has 1 saturated heterocycles. The van der Waals surface area contributed by atoms with Crippen molar-refractivity contribution in [2.24, 2.45) is 0 Å². The van der Waals surface area contributed by atoms with Gasteiger partial charge in [0.2, 0.25) is 17.0 Å². The second-order valence-corrected chi connectivity index (χ2v) is 7.08. The highest BCUT2D eigenvalue weighted by molar-refractivity contribution is 8.00. The van der Waals surface area contributed by atoms with Gasteiger partial charge in [0.15, 0.2) is 5.82 Å². The molecule has 4 rings (SSSR count). The van der Waals surface area contributed by atoms with Gasteiger partial charge in [-0.05, 0) is 36.4 Å². The zero-order chi connectivity index (χ0) is 18.8. The fourth-order valence-corrected chi connectivity index (χ4v) is 3.78. The van der Waals surface area contributed by atoms with E-state index in [-0.39, 0.29) is 18.2 Å². The Morgan fingerprint density at radius 2 is 1.85 bits per heavy atom. The summed E-state index contributed by atoms with van der Waals surface area (Å²) in [4.78, 5) is 30.6. The second kappa shape index (κ2) is 7.24. The lowest BCUT2D eigenvalue weighted by molar-refractivity contribution is -0.121. The molecule has 2 heterocycles. The van der Waals surface area contributed by atoms with Crippen molar-refractivity contribution in [3.05, 3.63) is 54.6 Å². The summed E-state index contributed by atoms with van der Waals surface area (Å²) >= 11 is 1.19. The number of imide groups is 1. The number of ether oxygens (including phenoxy) is 1. The molecule has 3 aromatic rings. The van der Waals surface area contributed by atoms with Crippen LogP contribution in [-0.2, 0) is 9.59 Å². The Balaban J connectivity index is 1.49. The highest BCUT2D eigenvalue weighted by Crippen LogP contribution is 2.33. The normalized spacial score (nSPS) is 16.8. The Kier molecular flexibility index (Phi) is 4.64. The van der Waals surface area contributed by atoms with Crippen LogP contribution in [0.2, 0.25) is 0 Å². The summed E-state index contributed by atoms with van der Waals surface area (Å²) < 4.78 is 5.14. The van der Waals surface area contributed by atoms with Crippen LogP contribution in [0, 0.1) is 0 Å². The minimum atomic E-state index is -0.530. The first kappa shape index (κ1) is 17.3. The van der Waals surface area contributed by atoms with Gasteiger partial charge < -0.3 is 4.74 Å². The fraction of sp³-hybridized carbons (Fsp3) is 0.158. The monoisotopic (exact) mass is 380 g/mol.